The molecule has 0 heterocycles. The van der Waals surface area contributed by atoms with E-state index in [1.807, 2.05) is 0 Å². The molecule has 0 aromatic carbocycles. The standard InChI is InChI=1S/C11H22/c1-9(2)8-10(3)11(4)6-5-7-11/h9-10H,5-8H2,1-4H3. The van der Waals surface area contributed by atoms with Gasteiger partial charge in [-0.15, -0.1) is 0 Å². The van der Waals surface area contributed by atoms with E-state index in [-0.39, 0.29) is 0 Å². The Morgan fingerprint density at radius 2 is 1.73 bits per heavy atom. The summed E-state index contributed by atoms with van der Waals surface area (Å²) in [7, 11) is 0. The van der Waals surface area contributed by atoms with Crippen LogP contribution in [0.25, 0.3) is 0 Å². The van der Waals surface area contributed by atoms with Crippen molar-refractivity contribution in [2.75, 3.05) is 0 Å². The van der Waals surface area contributed by atoms with Gasteiger partial charge in [-0.05, 0) is 36.5 Å². The summed E-state index contributed by atoms with van der Waals surface area (Å²) >= 11 is 0. The van der Waals surface area contributed by atoms with E-state index >= 15 is 0 Å². The van der Waals surface area contributed by atoms with Crippen LogP contribution in [0.4, 0.5) is 0 Å². The summed E-state index contributed by atoms with van der Waals surface area (Å²) in [5.74, 6) is 1.82. The monoisotopic (exact) mass is 154 g/mol. The van der Waals surface area contributed by atoms with Gasteiger partial charge in [0.15, 0.2) is 0 Å². The first-order valence-electron chi connectivity index (χ1n) is 5.04. The average molecular weight is 154 g/mol. The zero-order valence-corrected chi connectivity index (χ0v) is 8.48. The highest BCUT2D eigenvalue weighted by molar-refractivity contribution is 4.87. The van der Waals surface area contributed by atoms with E-state index in [0.29, 0.717) is 5.41 Å². The molecule has 1 atom stereocenters. The SMILES string of the molecule is CC(C)CC(C)C1(C)CCC1. The maximum atomic E-state index is 2.46. The molecule has 0 aliphatic heterocycles. The van der Waals surface area contributed by atoms with Crippen molar-refractivity contribution in [3.05, 3.63) is 0 Å². The van der Waals surface area contributed by atoms with Crippen LogP contribution in [0.3, 0.4) is 0 Å². The van der Waals surface area contributed by atoms with Crippen molar-refractivity contribution in [3.63, 3.8) is 0 Å². The van der Waals surface area contributed by atoms with Gasteiger partial charge < -0.3 is 0 Å². The van der Waals surface area contributed by atoms with Crippen LogP contribution in [0.2, 0.25) is 0 Å². The number of hydrogen-bond acceptors (Lipinski definition) is 0. The molecule has 0 N–H and O–H groups in total. The van der Waals surface area contributed by atoms with Crippen LogP contribution in [-0.2, 0) is 0 Å². The zero-order valence-electron chi connectivity index (χ0n) is 8.48. The molecule has 0 heteroatoms. The van der Waals surface area contributed by atoms with Crippen LogP contribution in [-0.4, -0.2) is 0 Å². The van der Waals surface area contributed by atoms with Crippen LogP contribution in [0, 0.1) is 17.3 Å². The Labute approximate surface area is 71.4 Å². The second kappa shape index (κ2) is 3.16. The first kappa shape index (κ1) is 9.09. The molecule has 1 aliphatic carbocycles. The molecule has 0 saturated heterocycles. The Hall–Kier alpha value is 0. The van der Waals surface area contributed by atoms with Crippen molar-refractivity contribution < 1.29 is 0 Å². The lowest BCUT2D eigenvalue weighted by Gasteiger charge is -2.44. The largest absolute Gasteiger partial charge is 0.0628 e. The van der Waals surface area contributed by atoms with Crippen molar-refractivity contribution in [1.29, 1.82) is 0 Å². The lowest BCUT2D eigenvalue weighted by molar-refractivity contribution is 0.0687. The highest BCUT2D eigenvalue weighted by atomic mass is 14.4. The van der Waals surface area contributed by atoms with E-state index in [1.54, 1.807) is 0 Å². The molecule has 1 saturated carbocycles. The fourth-order valence-electron chi connectivity index (χ4n) is 2.22. The zero-order chi connectivity index (χ0) is 8.48. The highest BCUT2D eigenvalue weighted by Gasteiger charge is 2.36. The molecule has 66 valence electrons. The predicted molar refractivity (Wildman–Crippen MR) is 50.6 cm³/mol. The van der Waals surface area contributed by atoms with E-state index in [4.69, 9.17) is 0 Å². The Kier molecular flexibility index (Phi) is 2.61. The Bertz CT molecular complexity index is 120. The molecule has 0 bridgehead atoms. The van der Waals surface area contributed by atoms with Gasteiger partial charge in [-0.25, -0.2) is 0 Å². The second-order valence-electron chi connectivity index (χ2n) is 5.04. The number of hydrogen-bond donors (Lipinski definition) is 0. The molecule has 1 rings (SSSR count). The van der Waals surface area contributed by atoms with Crippen LogP contribution in [0.5, 0.6) is 0 Å². The summed E-state index contributed by atoms with van der Waals surface area (Å²) in [6.45, 7) is 9.56. The van der Waals surface area contributed by atoms with Crippen molar-refractivity contribution in [1.82, 2.24) is 0 Å². The summed E-state index contributed by atoms with van der Waals surface area (Å²) < 4.78 is 0. The third kappa shape index (κ3) is 1.98. The highest BCUT2D eigenvalue weighted by Crippen LogP contribution is 2.48. The molecular weight excluding hydrogens is 132 g/mol. The van der Waals surface area contributed by atoms with E-state index in [9.17, 15) is 0 Å². The summed E-state index contributed by atoms with van der Waals surface area (Å²) in [4.78, 5) is 0. The lowest BCUT2D eigenvalue weighted by Crippen LogP contribution is -2.33. The summed E-state index contributed by atoms with van der Waals surface area (Å²) in [6.07, 6.45) is 5.83. The number of rotatable bonds is 3. The maximum absolute atomic E-state index is 2.46. The summed E-state index contributed by atoms with van der Waals surface area (Å²) in [5, 5.41) is 0. The molecule has 11 heavy (non-hydrogen) atoms. The summed E-state index contributed by atoms with van der Waals surface area (Å²) in [6, 6.07) is 0. The van der Waals surface area contributed by atoms with E-state index in [2.05, 4.69) is 27.7 Å². The van der Waals surface area contributed by atoms with Gasteiger partial charge in [-0.1, -0.05) is 34.1 Å². The third-order valence-electron chi connectivity index (χ3n) is 3.51. The maximum Gasteiger partial charge on any atom is -0.0300 e. The van der Waals surface area contributed by atoms with E-state index in [1.165, 1.54) is 25.7 Å². The van der Waals surface area contributed by atoms with E-state index in [0.717, 1.165) is 11.8 Å². The van der Waals surface area contributed by atoms with E-state index < -0.39 is 0 Å². The quantitative estimate of drug-likeness (QED) is 0.579. The molecule has 0 radical (unpaired) electrons. The van der Waals surface area contributed by atoms with Crippen LogP contribution in [0.1, 0.15) is 53.4 Å². The van der Waals surface area contributed by atoms with Gasteiger partial charge in [0, 0.05) is 0 Å². The fourth-order valence-corrected chi connectivity index (χ4v) is 2.22. The molecule has 1 aliphatic rings. The molecular formula is C11H22. The van der Waals surface area contributed by atoms with Crippen molar-refractivity contribution in [3.8, 4) is 0 Å². The topological polar surface area (TPSA) is 0 Å². The molecule has 1 unspecified atom stereocenters. The van der Waals surface area contributed by atoms with Gasteiger partial charge in [0.2, 0.25) is 0 Å². The molecule has 0 spiro atoms. The molecule has 0 amide bonds. The average Bonchev–Trinajstić information content (AvgIpc) is 1.81. The smallest absolute Gasteiger partial charge is 0.0300 e. The molecule has 0 nitrogen and oxygen atoms in total. The first-order chi connectivity index (χ1) is 5.04. The van der Waals surface area contributed by atoms with Gasteiger partial charge in [-0.2, -0.15) is 0 Å². The predicted octanol–water partition coefficient (Wildman–Crippen LogP) is 3.86. The third-order valence-corrected chi connectivity index (χ3v) is 3.51. The van der Waals surface area contributed by atoms with Gasteiger partial charge in [-0.3, -0.25) is 0 Å². The van der Waals surface area contributed by atoms with Gasteiger partial charge in [0.25, 0.3) is 0 Å². The Morgan fingerprint density at radius 3 is 2.00 bits per heavy atom. The molecule has 0 aromatic rings. The Morgan fingerprint density at radius 1 is 1.18 bits per heavy atom. The molecule has 0 aromatic heterocycles. The van der Waals surface area contributed by atoms with Crippen molar-refractivity contribution in [2.45, 2.75) is 53.4 Å². The van der Waals surface area contributed by atoms with Gasteiger partial charge >= 0.3 is 0 Å². The first-order valence-corrected chi connectivity index (χ1v) is 5.04. The normalized spacial score (nSPS) is 24.8. The summed E-state index contributed by atoms with van der Waals surface area (Å²) in [5.41, 5.74) is 0.713. The van der Waals surface area contributed by atoms with Crippen LogP contribution in [0.15, 0.2) is 0 Å². The minimum atomic E-state index is 0.713. The van der Waals surface area contributed by atoms with Gasteiger partial charge in [0.1, 0.15) is 0 Å². The molecule has 1 fully saturated rings. The minimum absolute atomic E-state index is 0.713. The van der Waals surface area contributed by atoms with Gasteiger partial charge in [0.05, 0.1) is 0 Å². The second-order valence-corrected chi connectivity index (χ2v) is 5.04. The van der Waals surface area contributed by atoms with Crippen LogP contribution >= 0.6 is 0 Å². The minimum Gasteiger partial charge on any atom is -0.0628 e. The van der Waals surface area contributed by atoms with Crippen molar-refractivity contribution in [2.24, 2.45) is 17.3 Å². The fraction of sp³-hybridized carbons (Fsp3) is 1.00. The van der Waals surface area contributed by atoms with Crippen LogP contribution < -0.4 is 0 Å². The van der Waals surface area contributed by atoms with Crippen molar-refractivity contribution >= 4 is 0 Å². The Balaban J connectivity index is 2.34. The lowest BCUT2D eigenvalue weighted by atomic mass is 9.61.